The van der Waals surface area contributed by atoms with Crippen LogP contribution < -0.4 is 0 Å². The van der Waals surface area contributed by atoms with Crippen molar-refractivity contribution in [1.82, 2.24) is 0 Å². The van der Waals surface area contributed by atoms with E-state index >= 15 is 0 Å². The van der Waals surface area contributed by atoms with Gasteiger partial charge in [-0.25, -0.2) is 4.79 Å². The minimum absolute atomic E-state index is 0.0907. The molecule has 0 amide bonds. The lowest BCUT2D eigenvalue weighted by Gasteiger charge is -2.16. The zero-order valence-corrected chi connectivity index (χ0v) is 13.0. The van der Waals surface area contributed by atoms with Crippen LogP contribution in [0.3, 0.4) is 0 Å². The van der Waals surface area contributed by atoms with E-state index in [4.69, 9.17) is 14.2 Å². The Bertz CT molecular complexity index is 374. The second-order valence-corrected chi connectivity index (χ2v) is 4.32. The lowest BCUT2D eigenvalue weighted by molar-refractivity contribution is -0.149. The summed E-state index contributed by atoms with van der Waals surface area (Å²) in [6.07, 6.45) is 0.445. The molecule has 0 heterocycles. The Morgan fingerprint density at radius 2 is 1.52 bits per heavy atom. The third-order valence-electron chi connectivity index (χ3n) is 2.68. The molecule has 0 rings (SSSR count). The van der Waals surface area contributed by atoms with Crippen molar-refractivity contribution < 1.29 is 28.6 Å². The number of rotatable bonds is 10. The van der Waals surface area contributed by atoms with Crippen molar-refractivity contribution in [1.29, 1.82) is 0 Å². The predicted molar refractivity (Wildman–Crippen MR) is 76.4 cm³/mol. The van der Waals surface area contributed by atoms with Crippen LogP contribution in [0.25, 0.3) is 0 Å². The number of hydrogen-bond acceptors (Lipinski definition) is 6. The molecule has 1 unspecified atom stereocenters. The Hall–Kier alpha value is -1.85. The van der Waals surface area contributed by atoms with Gasteiger partial charge in [-0.2, -0.15) is 0 Å². The molecule has 0 fully saturated rings. The van der Waals surface area contributed by atoms with Crippen LogP contribution in [0, 0.1) is 5.92 Å². The molecule has 6 heteroatoms. The monoisotopic (exact) mass is 300 g/mol. The molecular weight excluding hydrogens is 276 g/mol. The highest BCUT2D eigenvalue weighted by Gasteiger charge is 2.24. The largest absolute Gasteiger partial charge is 0.466 e. The van der Waals surface area contributed by atoms with Gasteiger partial charge in [-0.05, 0) is 33.6 Å². The predicted octanol–water partition coefficient (Wildman–Crippen LogP) is 2.02. The van der Waals surface area contributed by atoms with Crippen LogP contribution in [0.4, 0.5) is 0 Å². The van der Waals surface area contributed by atoms with E-state index in [9.17, 15) is 14.4 Å². The summed E-state index contributed by atoms with van der Waals surface area (Å²) in [6, 6.07) is 0. The Labute approximate surface area is 125 Å². The van der Waals surface area contributed by atoms with Gasteiger partial charge in [0.2, 0.25) is 0 Å². The summed E-state index contributed by atoms with van der Waals surface area (Å²) in [5.41, 5.74) is 0.193. The highest BCUT2D eigenvalue weighted by Crippen LogP contribution is 2.19. The fraction of sp³-hybridized carbons (Fsp3) is 0.667. The van der Waals surface area contributed by atoms with Crippen molar-refractivity contribution in [3.63, 3.8) is 0 Å². The first-order valence-electron chi connectivity index (χ1n) is 7.13. The molecule has 6 nitrogen and oxygen atoms in total. The highest BCUT2D eigenvalue weighted by molar-refractivity contribution is 5.88. The van der Waals surface area contributed by atoms with Crippen LogP contribution in [0.1, 0.15) is 40.0 Å². The fourth-order valence-electron chi connectivity index (χ4n) is 1.70. The van der Waals surface area contributed by atoms with Crippen LogP contribution in [0.5, 0.6) is 0 Å². The molecule has 0 aromatic carbocycles. The Kier molecular flexibility index (Phi) is 9.92. The Morgan fingerprint density at radius 1 is 0.952 bits per heavy atom. The lowest BCUT2D eigenvalue weighted by Crippen LogP contribution is -2.22. The van der Waals surface area contributed by atoms with E-state index in [1.165, 1.54) is 0 Å². The molecule has 0 aromatic rings. The normalized spacial score (nSPS) is 11.4. The van der Waals surface area contributed by atoms with Crippen LogP contribution in [0.15, 0.2) is 12.2 Å². The SMILES string of the molecule is C=C(CC(CCC(=O)OCC)C(=O)OCC)C(=O)OCC. The van der Waals surface area contributed by atoms with Gasteiger partial charge in [0, 0.05) is 12.0 Å². The van der Waals surface area contributed by atoms with E-state index in [-0.39, 0.29) is 44.0 Å². The molecule has 0 saturated carbocycles. The van der Waals surface area contributed by atoms with Crippen molar-refractivity contribution in [3.05, 3.63) is 12.2 Å². The zero-order valence-electron chi connectivity index (χ0n) is 13.0. The molecule has 1 atom stereocenters. The molecule has 0 saturated heterocycles. The van der Waals surface area contributed by atoms with Gasteiger partial charge in [0.25, 0.3) is 0 Å². The smallest absolute Gasteiger partial charge is 0.333 e. The summed E-state index contributed by atoms with van der Waals surface area (Å²) in [4.78, 5) is 34.8. The summed E-state index contributed by atoms with van der Waals surface area (Å²) in [5, 5.41) is 0. The third-order valence-corrected chi connectivity index (χ3v) is 2.68. The van der Waals surface area contributed by atoms with Crippen molar-refractivity contribution >= 4 is 17.9 Å². The maximum absolute atomic E-state index is 11.9. The van der Waals surface area contributed by atoms with Gasteiger partial charge in [-0.15, -0.1) is 0 Å². The molecule has 0 aromatic heterocycles. The average molecular weight is 300 g/mol. The van der Waals surface area contributed by atoms with Gasteiger partial charge in [-0.1, -0.05) is 6.58 Å². The Morgan fingerprint density at radius 3 is 2.05 bits per heavy atom. The minimum atomic E-state index is -0.605. The lowest BCUT2D eigenvalue weighted by atomic mass is 9.95. The van der Waals surface area contributed by atoms with E-state index in [0.29, 0.717) is 6.61 Å². The summed E-state index contributed by atoms with van der Waals surface area (Å²) in [7, 11) is 0. The highest BCUT2D eigenvalue weighted by atomic mass is 16.5. The van der Waals surface area contributed by atoms with Gasteiger partial charge in [0.1, 0.15) is 0 Å². The van der Waals surface area contributed by atoms with Crippen LogP contribution in [-0.2, 0) is 28.6 Å². The first-order chi connectivity index (χ1) is 9.96. The van der Waals surface area contributed by atoms with Crippen LogP contribution in [-0.4, -0.2) is 37.7 Å². The fourth-order valence-corrected chi connectivity index (χ4v) is 1.70. The molecule has 0 spiro atoms. The number of carbonyl (C=O) groups is 3. The number of carbonyl (C=O) groups excluding carboxylic acids is 3. The van der Waals surface area contributed by atoms with Crippen molar-refractivity contribution in [2.75, 3.05) is 19.8 Å². The van der Waals surface area contributed by atoms with Gasteiger partial charge >= 0.3 is 17.9 Å². The van der Waals surface area contributed by atoms with E-state index in [1.54, 1.807) is 20.8 Å². The van der Waals surface area contributed by atoms with Gasteiger partial charge in [0.05, 0.1) is 25.7 Å². The zero-order chi connectivity index (χ0) is 16.3. The van der Waals surface area contributed by atoms with Crippen molar-refractivity contribution in [3.8, 4) is 0 Å². The molecule has 120 valence electrons. The molecular formula is C15H24O6. The molecule has 0 N–H and O–H groups in total. The van der Waals surface area contributed by atoms with Gasteiger partial charge < -0.3 is 14.2 Å². The van der Waals surface area contributed by atoms with E-state index in [0.717, 1.165) is 0 Å². The quantitative estimate of drug-likeness (QED) is 0.349. The first-order valence-corrected chi connectivity index (χ1v) is 7.13. The number of ether oxygens (including phenoxy) is 3. The second kappa shape index (κ2) is 10.9. The average Bonchev–Trinajstić information content (AvgIpc) is 2.43. The van der Waals surface area contributed by atoms with E-state index in [1.807, 2.05) is 0 Å². The van der Waals surface area contributed by atoms with Gasteiger partial charge in [0.15, 0.2) is 0 Å². The first kappa shape index (κ1) is 19.1. The standard InChI is InChI=1S/C15H24O6/c1-5-19-13(16)9-8-12(15(18)21-7-3)10-11(4)14(17)20-6-2/h12H,4-10H2,1-3H3. The number of hydrogen-bond donors (Lipinski definition) is 0. The molecule has 21 heavy (non-hydrogen) atoms. The molecule has 0 bridgehead atoms. The molecule has 0 aliphatic carbocycles. The van der Waals surface area contributed by atoms with E-state index < -0.39 is 17.9 Å². The molecule has 0 aliphatic heterocycles. The summed E-state index contributed by atoms with van der Waals surface area (Å²) in [6.45, 7) is 9.48. The third kappa shape index (κ3) is 8.12. The number of esters is 3. The second-order valence-electron chi connectivity index (χ2n) is 4.32. The van der Waals surface area contributed by atoms with E-state index in [2.05, 4.69) is 6.58 Å². The Balaban J connectivity index is 4.59. The maximum Gasteiger partial charge on any atom is 0.333 e. The summed E-state index contributed by atoms with van der Waals surface area (Å²) in [5.74, 6) is -1.98. The summed E-state index contributed by atoms with van der Waals surface area (Å²) >= 11 is 0. The van der Waals surface area contributed by atoms with Gasteiger partial charge in [-0.3, -0.25) is 9.59 Å². The molecule has 0 radical (unpaired) electrons. The topological polar surface area (TPSA) is 78.9 Å². The van der Waals surface area contributed by atoms with Crippen molar-refractivity contribution in [2.24, 2.45) is 5.92 Å². The maximum atomic E-state index is 11.9. The van der Waals surface area contributed by atoms with Crippen LogP contribution >= 0.6 is 0 Å². The molecule has 0 aliphatic rings. The van der Waals surface area contributed by atoms with Crippen LogP contribution in [0.2, 0.25) is 0 Å². The summed E-state index contributed by atoms with van der Waals surface area (Å²) < 4.78 is 14.6. The van der Waals surface area contributed by atoms with Crippen molar-refractivity contribution in [2.45, 2.75) is 40.0 Å². The minimum Gasteiger partial charge on any atom is -0.466 e.